The third-order valence-corrected chi connectivity index (χ3v) is 6.57. The predicted octanol–water partition coefficient (Wildman–Crippen LogP) is 0.429. The number of imidazole rings is 1. The summed E-state index contributed by atoms with van der Waals surface area (Å²) in [5, 5.41) is 2.83. The Morgan fingerprint density at radius 2 is 1.83 bits per heavy atom. The van der Waals surface area contributed by atoms with Crippen LogP contribution in [0.25, 0.3) is 11.2 Å². The third kappa shape index (κ3) is 5.25. The first kappa shape index (κ1) is 25.4. The summed E-state index contributed by atoms with van der Waals surface area (Å²) in [6.07, 6.45) is 2.62. The molecule has 1 fully saturated rings. The van der Waals surface area contributed by atoms with Gasteiger partial charge in [-0.15, -0.1) is 0 Å². The van der Waals surface area contributed by atoms with E-state index in [2.05, 4.69) is 10.3 Å². The number of ether oxygens (including phenoxy) is 1. The Hall–Kier alpha value is -3.73. The Balaban J connectivity index is 1.65. The SMILES string of the molecule is CCNC(=O)C1CCN(C(=O)Cn2c(=O)c3c(ncn3CCOC)n(Cc3ccccc3)c2=O)CC1. The zero-order valence-electron chi connectivity index (χ0n) is 20.7. The van der Waals surface area contributed by atoms with E-state index in [4.69, 9.17) is 4.74 Å². The molecule has 2 amide bonds. The van der Waals surface area contributed by atoms with E-state index in [1.807, 2.05) is 37.3 Å². The maximum atomic E-state index is 13.5. The van der Waals surface area contributed by atoms with Gasteiger partial charge in [0.1, 0.15) is 6.54 Å². The first-order valence-corrected chi connectivity index (χ1v) is 12.2. The smallest absolute Gasteiger partial charge is 0.333 e. The lowest BCUT2D eigenvalue weighted by molar-refractivity contribution is -0.136. The molecular weight excluding hydrogens is 464 g/mol. The van der Waals surface area contributed by atoms with Crippen molar-refractivity contribution in [3.8, 4) is 0 Å². The molecule has 36 heavy (non-hydrogen) atoms. The largest absolute Gasteiger partial charge is 0.383 e. The summed E-state index contributed by atoms with van der Waals surface area (Å²) in [6.45, 7) is 3.84. The standard InChI is InChI=1S/C25H32N6O5/c1-3-26-23(33)19-9-11-28(12-10-19)20(32)16-31-24(34)21-22(27-17-29(21)13-14-36-2)30(25(31)35)15-18-7-5-4-6-8-18/h4-8,17,19H,3,9-16H2,1-2H3,(H,26,33). The summed E-state index contributed by atoms with van der Waals surface area (Å²) in [4.78, 5) is 58.2. The molecule has 11 heteroatoms. The van der Waals surface area contributed by atoms with Gasteiger partial charge < -0.3 is 19.5 Å². The Kier molecular flexibility index (Phi) is 7.99. The highest BCUT2D eigenvalue weighted by molar-refractivity contribution is 5.80. The molecule has 1 saturated heterocycles. The van der Waals surface area contributed by atoms with Gasteiger partial charge in [0.2, 0.25) is 11.8 Å². The summed E-state index contributed by atoms with van der Waals surface area (Å²) in [5.74, 6) is -0.456. The van der Waals surface area contributed by atoms with Crippen LogP contribution in [0.1, 0.15) is 25.3 Å². The minimum absolute atomic E-state index is 0.000566. The van der Waals surface area contributed by atoms with Crippen LogP contribution in [0.15, 0.2) is 46.2 Å². The zero-order chi connectivity index (χ0) is 25.7. The number of nitrogens with zero attached hydrogens (tertiary/aromatic N) is 5. The number of carbonyl (C=O) groups excluding carboxylic acids is 2. The number of carbonyl (C=O) groups is 2. The van der Waals surface area contributed by atoms with E-state index in [0.29, 0.717) is 45.6 Å². The average Bonchev–Trinajstić information content (AvgIpc) is 3.32. The van der Waals surface area contributed by atoms with E-state index in [9.17, 15) is 19.2 Å². The van der Waals surface area contributed by atoms with E-state index in [0.717, 1.165) is 10.1 Å². The number of rotatable bonds is 9. The quantitative estimate of drug-likeness (QED) is 0.459. The van der Waals surface area contributed by atoms with Crippen LogP contribution in [0.2, 0.25) is 0 Å². The third-order valence-electron chi connectivity index (χ3n) is 6.57. The summed E-state index contributed by atoms with van der Waals surface area (Å²) in [7, 11) is 1.57. The van der Waals surface area contributed by atoms with Crippen LogP contribution >= 0.6 is 0 Å². The first-order valence-electron chi connectivity index (χ1n) is 12.2. The van der Waals surface area contributed by atoms with Crippen LogP contribution in [0.3, 0.4) is 0 Å². The van der Waals surface area contributed by atoms with E-state index in [-0.39, 0.29) is 42.0 Å². The molecule has 1 N–H and O–H groups in total. The summed E-state index contributed by atoms with van der Waals surface area (Å²) in [5.41, 5.74) is 0.260. The van der Waals surface area contributed by atoms with Gasteiger partial charge in [-0.05, 0) is 25.3 Å². The molecule has 0 spiro atoms. The molecule has 0 bridgehead atoms. The molecule has 0 saturated carbocycles. The normalized spacial score (nSPS) is 14.3. The molecule has 2 aromatic heterocycles. The molecule has 1 aliphatic rings. The van der Waals surface area contributed by atoms with Crippen molar-refractivity contribution in [1.29, 1.82) is 0 Å². The Morgan fingerprint density at radius 3 is 2.50 bits per heavy atom. The molecule has 11 nitrogen and oxygen atoms in total. The number of hydrogen-bond donors (Lipinski definition) is 1. The molecule has 4 rings (SSSR count). The number of likely N-dealkylation sites (tertiary alicyclic amines) is 1. The van der Waals surface area contributed by atoms with E-state index in [1.165, 1.54) is 10.9 Å². The monoisotopic (exact) mass is 496 g/mol. The van der Waals surface area contributed by atoms with Crippen molar-refractivity contribution < 1.29 is 14.3 Å². The number of hydrogen-bond acceptors (Lipinski definition) is 6. The molecule has 192 valence electrons. The molecule has 1 aliphatic heterocycles. The van der Waals surface area contributed by atoms with E-state index >= 15 is 0 Å². The Labute approximate surface area is 208 Å². The van der Waals surface area contributed by atoms with Crippen molar-refractivity contribution in [2.75, 3.05) is 33.4 Å². The lowest BCUT2D eigenvalue weighted by Crippen LogP contribution is -2.48. The molecule has 3 heterocycles. The highest BCUT2D eigenvalue weighted by Gasteiger charge is 2.28. The molecule has 0 radical (unpaired) electrons. The molecule has 0 aliphatic carbocycles. The summed E-state index contributed by atoms with van der Waals surface area (Å²) in [6, 6.07) is 9.41. The zero-order valence-corrected chi connectivity index (χ0v) is 20.7. The minimum Gasteiger partial charge on any atom is -0.383 e. The number of amides is 2. The number of fused-ring (bicyclic) bond motifs is 1. The topological polar surface area (TPSA) is 120 Å². The molecular formula is C25H32N6O5. The fourth-order valence-electron chi connectivity index (χ4n) is 4.59. The first-order chi connectivity index (χ1) is 17.4. The second-order valence-corrected chi connectivity index (χ2v) is 8.90. The van der Waals surface area contributed by atoms with Gasteiger partial charge in [0, 0.05) is 39.2 Å². The number of piperidine rings is 1. The van der Waals surface area contributed by atoms with E-state index < -0.39 is 11.2 Å². The van der Waals surface area contributed by atoms with Gasteiger partial charge in [-0.1, -0.05) is 30.3 Å². The van der Waals surface area contributed by atoms with Gasteiger partial charge in [-0.3, -0.25) is 19.0 Å². The van der Waals surface area contributed by atoms with Crippen LogP contribution in [0.4, 0.5) is 0 Å². The second kappa shape index (κ2) is 11.3. The second-order valence-electron chi connectivity index (χ2n) is 8.90. The maximum absolute atomic E-state index is 13.5. The molecule has 1 aromatic carbocycles. The van der Waals surface area contributed by atoms with Gasteiger partial charge in [0.05, 0.1) is 19.5 Å². The van der Waals surface area contributed by atoms with Crippen molar-refractivity contribution in [2.45, 2.75) is 39.4 Å². The highest BCUT2D eigenvalue weighted by Crippen LogP contribution is 2.18. The number of methoxy groups -OCH3 is 1. The minimum atomic E-state index is -0.584. The molecule has 0 atom stereocenters. The number of aromatic nitrogens is 4. The summed E-state index contributed by atoms with van der Waals surface area (Å²) < 4.78 is 9.24. The van der Waals surface area contributed by atoms with Crippen LogP contribution in [-0.4, -0.2) is 68.8 Å². The van der Waals surface area contributed by atoms with Crippen LogP contribution in [0, 0.1) is 5.92 Å². The van der Waals surface area contributed by atoms with Gasteiger partial charge in [0.25, 0.3) is 5.56 Å². The Bertz CT molecular complexity index is 1330. The maximum Gasteiger partial charge on any atom is 0.333 e. The average molecular weight is 497 g/mol. The van der Waals surface area contributed by atoms with Crippen LogP contribution < -0.4 is 16.6 Å². The Morgan fingerprint density at radius 1 is 1.11 bits per heavy atom. The van der Waals surface area contributed by atoms with Crippen molar-refractivity contribution >= 4 is 23.0 Å². The fraction of sp³-hybridized carbons (Fsp3) is 0.480. The lowest BCUT2D eigenvalue weighted by atomic mass is 9.96. The predicted molar refractivity (Wildman–Crippen MR) is 134 cm³/mol. The van der Waals surface area contributed by atoms with Gasteiger partial charge in [-0.25, -0.2) is 14.3 Å². The van der Waals surface area contributed by atoms with Crippen molar-refractivity contribution in [2.24, 2.45) is 5.92 Å². The van der Waals surface area contributed by atoms with Crippen LogP contribution in [-0.2, 0) is 34.0 Å². The van der Waals surface area contributed by atoms with Gasteiger partial charge in [0.15, 0.2) is 11.2 Å². The molecule has 3 aromatic rings. The molecule has 0 unspecified atom stereocenters. The van der Waals surface area contributed by atoms with Crippen LogP contribution in [0.5, 0.6) is 0 Å². The van der Waals surface area contributed by atoms with Gasteiger partial charge >= 0.3 is 5.69 Å². The number of nitrogens with one attached hydrogen (secondary N) is 1. The number of benzene rings is 1. The van der Waals surface area contributed by atoms with Gasteiger partial charge in [-0.2, -0.15) is 0 Å². The van der Waals surface area contributed by atoms with Crippen molar-refractivity contribution in [3.63, 3.8) is 0 Å². The van der Waals surface area contributed by atoms with Crippen molar-refractivity contribution in [3.05, 3.63) is 63.1 Å². The highest BCUT2D eigenvalue weighted by atomic mass is 16.5. The van der Waals surface area contributed by atoms with E-state index in [1.54, 1.807) is 16.6 Å². The fourth-order valence-corrected chi connectivity index (χ4v) is 4.59. The van der Waals surface area contributed by atoms with Crippen molar-refractivity contribution in [1.82, 2.24) is 28.9 Å². The summed E-state index contributed by atoms with van der Waals surface area (Å²) >= 11 is 0. The lowest BCUT2D eigenvalue weighted by Gasteiger charge is -2.31.